The van der Waals surface area contributed by atoms with Crippen LogP contribution in [0.15, 0.2) is 41.5 Å². The Bertz CT molecular complexity index is 1370. The first-order valence-corrected chi connectivity index (χ1v) is 11.2. The van der Waals surface area contributed by atoms with Gasteiger partial charge >= 0.3 is 0 Å². The molecule has 5 heterocycles. The van der Waals surface area contributed by atoms with Crippen LogP contribution in [0.4, 0.5) is 0 Å². The van der Waals surface area contributed by atoms with Gasteiger partial charge in [-0.2, -0.15) is 5.10 Å². The van der Waals surface area contributed by atoms with Crippen molar-refractivity contribution in [3.8, 4) is 11.4 Å². The molecule has 2 aliphatic rings. The minimum absolute atomic E-state index is 0.0684. The van der Waals surface area contributed by atoms with E-state index in [0.717, 1.165) is 29.4 Å². The summed E-state index contributed by atoms with van der Waals surface area (Å²) in [5, 5.41) is 8.26. The third kappa shape index (κ3) is 3.15. The van der Waals surface area contributed by atoms with Crippen molar-refractivity contribution < 1.29 is 0 Å². The number of pyridine rings is 1. The molecule has 1 saturated carbocycles. The van der Waals surface area contributed by atoms with Crippen LogP contribution in [0.2, 0.25) is 0 Å². The molecule has 0 amide bonds. The van der Waals surface area contributed by atoms with Gasteiger partial charge in [-0.05, 0) is 75.6 Å². The minimum Gasteiger partial charge on any atom is -0.314 e. The van der Waals surface area contributed by atoms with E-state index >= 15 is 0 Å². The Morgan fingerprint density at radius 1 is 1.03 bits per heavy atom. The SMILES string of the molecule is Cc1cn2nc(-c3cc(=O)n4cc(C5CCC6NCCC6C5)ccc4n3)cc2c(C)n1. The Morgan fingerprint density at radius 2 is 1.94 bits per heavy atom. The van der Waals surface area contributed by atoms with E-state index in [9.17, 15) is 4.79 Å². The summed E-state index contributed by atoms with van der Waals surface area (Å²) in [6.45, 7) is 5.05. The lowest BCUT2D eigenvalue weighted by Gasteiger charge is -2.31. The summed E-state index contributed by atoms with van der Waals surface area (Å²) >= 11 is 0. The number of aryl methyl sites for hydroxylation is 2. The predicted molar refractivity (Wildman–Crippen MR) is 119 cm³/mol. The number of nitrogens with zero attached hydrogens (tertiary/aromatic N) is 5. The zero-order valence-electron chi connectivity index (χ0n) is 17.9. The number of fused-ring (bicyclic) bond motifs is 3. The van der Waals surface area contributed by atoms with E-state index in [1.807, 2.05) is 42.9 Å². The van der Waals surface area contributed by atoms with Gasteiger partial charge in [0.1, 0.15) is 11.3 Å². The molecule has 2 fully saturated rings. The topological polar surface area (TPSA) is 76.6 Å². The van der Waals surface area contributed by atoms with Crippen molar-refractivity contribution in [2.75, 3.05) is 6.54 Å². The third-order valence-corrected chi connectivity index (χ3v) is 7.08. The van der Waals surface area contributed by atoms with E-state index in [2.05, 4.69) is 21.5 Å². The Balaban J connectivity index is 1.37. The van der Waals surface area contributed by atoms with Crippen molar-refractivity contribution >= 4 is 11.2 Å². The standard InChI is InChI=1S/C24H26N6O/c1-14-12-30-22(15(2)26-14)10-21(28-30)20-11-24(31)29-13-18(4-6-23(29)27-20)16-3-5-19-17(9-16)7-8-25-19/h4,6,10-13,16-17,19,25H,3,5,7-9H2,1-2H3. The molecule has 1 saturated heterocycles. The van der Waals surface area contributed by atoms with Gasteiger partial charge in [-0.15, -0.1) is 0 Å². The maximum atomic E-state index is 13.0. The number of nitrogens with one attached hydrogen (secondary N) is 1. The van der Waals surface area contributed by atoms with Crippen molar-refractivity contribution in [3.63, 3.8) is 0 Å². The molecule has 1 aliphatic carbocycles. The fourth-order valence-corrected chi connectivity index (χ4v) is 5.52. The molecule has 1 aliphatic heterocycles. The van der Waals surface area contributed by atoms with Crippen LogP contribution >= 0.6 is 0 Å². The van der Waals surface area contributed by atoms with Crippen LogP contribution in [0.25, 0.3) is 22.6 Å². The minimum atomic E-state index is -0.0684. The molecule has 1 N–H and O–H groups in total. The normalized spacial score (nSPS) is 23.5. The average Bonchev–Trinajstić information content (AvgIpc) is 3.40. The van der Waals surface area contributed by atoms with Gasteiger partial charge < -0.3 is 5.32 Å². The molecule has 0 aromatic carbocycles. The summed E-state index contributed by atoms with van der Waals surface area (Å²) in [4.78, 5) is 22.2. The lowest BCUT2D eigenvalue weighted by molar-refractivity contribution is 0.294. The highest BCUT2D eigenvalue weighted by molar-refractivity contribution is 5.66. The van der Waals surface area contributed by atoms with Crippen molar-refractivity contribution in [2.45, 2.75) is 51.5 Å². The van der Waals surface area contributed by atoms with E-state index in [0.29, 0.717) is 29.0 Å². The summed E-state index contributed by atoms with van der Waals surface area (Å²) in [5.41, 5.74) is 5.86. The monoisotopic (exact) mass is 414 g/mol. The Kier molecular flexibility index (Phi) is 4.21. The molecular formula is C24H26N6O. The molecule has 7 nitrogen and oxygen atoms in total. The molecule has 31 heavy (non-hydrogen) atoms. The van der Waals surface area contributed by atoms with Crippen LogP contribution in [0.1, 0.15) is 48.6 Å². The first-order valence-electron chi connectivity index (χ1n) is 11.2. The van der Waals surface area contributed by atoms with Crippen molar-refractivity contribution in [2.24, 2.45) is 5.92 Å². The highest BCUT2D eigenvalue weighted by atomic mass is 16.1. The van der Waals surface area contributed by atoms with Crippen LogP contribution in [0.3, 0.4) is 0 Å². The molecule has 4 aromatic heterocycles. The lowest BCUT2D eigenvalue weighted by Crippen LogP contribution is -2.32. The van der Waals surface area contributed by atoms with Gasteiger partial charge in [0.15, 0.2) is 0 Å². The number of hydrogen-bond donors (Lipinski definition) is 1. The summed E-state index contributed by atoms with van der Waals surface area (Å²) < 4.78 is 3.50. The first-order chi connectivity index (χ1) is 15.0. The molecule has 0 spiro atoms. The average molecular weight is 415 g/mol. The van der Waals surface area contributed by atoms with Crippen LogP contribution < -0.4 is 10.9 Å². The Hall–Kier alpha value is -3.06. The molecule has 3 atom stereocenters. The zero-order chi connectivity index (χ0) is 21.1. The van der Waals surface area contributed by atoms with E-state index in [1.165, 1.54) is 31.2 Å². The van der Waals surface area contributed by atoms with Gasteiger partial charge in [-0.3, -0.25) is 14.2 Å². The highest BCUT2D eigenvalue weighted by Crippen LogP contribution is 2.39. The molecule has 158 valence electrons. The van der Waals surface area contributed by atoms with Gasteiger partial charge in [-0.25, -0.2) is 9.50 Å². The molecule has 7 heteroatoms. The van der Waals surface area contributed by atoms with Gasteiger partial charge in [0.2, 0.25) is 0 Å². The summed E-state index contributed by atoms with van der Waals surface area (Å²) in [6.07, 6.45) is 8.77. The quantitative estimate of drug-likeness (QED) is 0.545. The summed E-state index contributed by atoms with van der Waals surface area (Å²) in [5.74, 6) is 1.29. The smallest absolute Gasteiger partial charge is 0.258 e. The molecular weight excluding hydrogens is 388 g/mol. The molecule has 0 radical (unpaired) electrons. The fraction of sp³-hybridized carbons (Fsp3) is 0.417. The lowest BCUT2D eigenvalue weighted by atomic mass is 9.76. The van der Waals surface area contributed by atoms with Crippen LogP contribution in [0.5, 0.6) is 0 Å². The van der Waals surface area contributed by atoms with E-state index in [1.54, 1.807) is 10.5 Å². The zero-order valence-corrected chi connectivity index (χ0v) is 17.9. The van der Waals surface area contributed by atoms with E-state index in [-0.39, 0.29) is 5.56 Å². The number of aromatic nitrogens is 5. The second-order valence-electron chi connectivity index (χ2n) is 9.12. The fourth-order valence-electron chi connectivity index (χ4n) is 5.52. The van der Waals surface area contributed by atoms with Crippen LogP contribution in [-0.2, 0) is 0 Å². The van der Waals surface area contributed by atoms with Crippen LogP contribution in [-0.4, -0.2) is 36.6 Å². The van der Waals surface area contributed by atoms with E-state index < -0.39 is 0 Å². The number of rotatable bonds is 2. The molecule has 6 rings (SSSR count). The van der Waals surface area contributed by atoms with Gasteiger partial charge in [0.25, 0.3) is 5.56 Å². The van der Waals surface area contributed by atoms with Gasteiger partial charge in [0.05, 0.1) is 28.8 Å². The molecule has 0 bridgehead atoms. The largest absolute Gasteiger partial charge is 0.314 e. The van der Waals surface area contributed by atoms with Crippen LogP contribution in [0, 0.1) is 19.8 Å². The third-order valence-electron chi connectivity index (χ3n) is 7.08. The number of hydrogen-bond acceptors (Lipinski definition) is 5. The van der Waals surface area contributed by atoms with Gasteiger partial charge in [-0.1, -0.05) is 6.07 Å². The van der Waals surface area contributed by atoms with E-state index in [4.69, 9.17) is 4.98 Å². The van der Waals surface area contributed by atoms with Crippen molar-refractivity contribution in [1.29, 1.82) is 0 Å². The summed E-state index contributed by atoms with van der Waals surface area (Å²) in [6, 6.07) is 8.36. The van der Waals surface area contributed by atoms with Gasteiger partial charge in [0, 0.05) is 18.3 Å². The maximum Gasteiger partial charge on any atom is 0.258 e. The molecule has 3 unspecified atom stereocenters. The Morgan fingerprint density at radius 3 is 2.84 bits per heavy atom. The Labute approximate surface area is 180 Å². The second-order valence-corrected chi connectivity index (χ2v) is 9.12. The molecule has 4 aromatic rings. The first kappa shape index (κ1) is 18.7. The highest BCUT2D eigenvalue weighted by Gasteiger charge is 2.34. The predicted octanol–water partition coefficient (Wildman–Crippen LogP) is 3.27. The maximum absolute atomic E-state index is 13.0. The van der Waals surface area contributed by atoms with Crippen molar-refractivity contribution in [3.05, 3.63) is 64.0 Å². The van der Waals surface area contributed by atoms with Crippen molar-refractivity contribution in [1.82, 2.24) is 29.3 Å². The second kappa shape index (κ2) is 6.99. The summed E-state index contributed by atoms with van der Waals surface area (Å²) in [7, 11) is 0.